The second-order valence-electron chi connectivity index (χ2n) is 7.24. The number of carbonyl (C=O) groups is 1. The maximum absolute atomic E-state index is 12.7. The molecule has 0 aliphatic carbocycles. The fraction of sp³-hybridized carbons (Fsp3) is 0.167. The van der Waals surface area contributed by atoms with Crippen LogP contribution in [0.5, 0.6) is 0 Å². The summed E-state index contributed by atoms with van der Waals surface area (Å²) >= 11 is 3.49. The molecule has 146 valence electrons. The molecule has 5 heteroatoms. The summed E-state index contributed by atoms with van der Waals surface area (Å²) in [6, 6.07) is 23.7. The molecule has 1 heterocycles. The van der Waals surface area contributed by atoms with E-state index in [0.717, 1.165) is 26.9 Å². The molecular weight excluding hydrogens is 426 g/mol. The second kappa shape index (κ2) is 8.21. The van der Waals surface area contributed by atoms with E-state index >= 15 is 0 Å². The monoisotopic (exact) mass is 447 g/mol. The minimum atomic E-state index is -0.231. The third kappa shape index (κ3) is 4.25. The van der Waals surface area contributed by atoms with Gasteiger partial charge in [-0.1, -0.05) is 57.9 Å². The van der Waals surface area contributed by atoms with Crippen molar-refractivity contribution in [1.82, 2.24) is 14.9 Å². The van der Waals surface area contributed by atoms with Crippen molar-refractivity contribution >= 4 is 32.9 Å². The number of fused-ring (bicyclic) bond motifs is 1. The third-order valence-corrected chi connectivity index (χ3v) is 5.48. The molecule has 1 aromatic heterocycles. The van der Waals surface area contributed by atoms with Crippen molar-refractivity contribution in [1.29, 1.82) is 0 Å². The van der Waals surface area contributed by atoms with E-state index in [4.69, 9.17) is 4.98 Å². The molecular formula is C24H22BrN3O. The van der Waals surface area contributed by atoms with Crippen LogP contribution < -0.4 is 5.32 Å². The Kier molecular flexibility index (Phi) is 5.49. The van der Waals surface area contributed by atoms with Gasteiger partial charge in [0.1, 0.15) is 5.82 Å². The molecule has 0 saturated heterocycles. The van der Waals surface area contributed by atoms with E-state index in [0.29, 0.717) is 12.1 Å². The summed E-state index contributed by atoms with van der Waals surface area (Å²) in [6.07, 6.45) is 0. The zero-order valence-corrected chi connectivity index (χ0v) is 18.0. The van der Waals surface area contributed by atoms with Gasteiger partial charge >= 0.3 is 0 Å². The highest BCUT2D eigenvalue weighted by Gasteiger charge is 2.19. The molecule has 0 aliphatic rings. The van der Waals surface area contributed by atoms with E-state index in [1.54, 1.807) is 0 Å². The van der Waals surface area contributed by atoms with Crippen LogP contribution in [0.2, 0.25) is 0 Å². The van der Waals surface area contributed by atoms with Crippen LogP contribution in [-0.4, -0.2) is 15.5 Å². The molecule has 29 heavy (non-hydrogen) atoms. The smallest absolute Gasteiger partial charge is 0.251 e. The van der Waals surface area contributed by atoms with Crippen LogP contribution in [0.25, 0.3) is 11.0 Å². The van der Waals surface area contributed by atoms with Crippen molar-refractivity contribution in [2.45, 2.75) is 26.4 Å². The average molecular weight is 448 g/mol. The zero-order chi connectivity index (χ0) is 20.4. The Bertz CT molecular complexity index is 1160. The number of para-hydroxylation sites is 2. The number of rotatable bonds is 5. The quantitative estimate of drug-likeness (QED) is 0.429. The number of carbonyl (C=O) groups excluding carboxylic acids is 1. The summed E-state index contributed by atoms with van der Waals surface area (Å²) in [6.45, 7) is 4.65. The van der Waals surface area contributed by atoms with Crippen molar-refractivity contribution in [3.05, 3.63) is 99.8 Å². The van der Waals surface area contributed by atoms with Gasteiger partial charge in [0, 0.05) is 16.6 Å². The van der Waals surface area contributed by atoms with Crippen molar-refractivity contribution in [3.63, 3.8) is 0 Å². The maximum Gasteiger partial charge on any atom is 0.251 e. The van der Waals surface area contributed by atoms with Crippen LogP contribution in [-0.2, 0) is 6.54 Å². The summed E-state index contributed by atoms with van der Waals surface area (Å²) in [4.78, 5) is 17.6. The van der Waals surface area contributed by atoms with Crippen molar-refractivity contribution in [2.24, 2.45) is 0 Å². The highest BCUT2D eigenvalue weighted by molar-refractivity contribution is 9.10. The normalized spacial score (nSPS) is 12.1. The van der Waals surface area contributed by atoms with Gasteiger partial charge in [-0.15, -0.1) is 0 Å². The highest BCUT2D eigenvalue weighted by Crippen LogP contribution is 2.23. The number of hydrogen-bond acceptors (Lipinski definition) is 2. The molecule has 0 saturated carbocycles. The molecule has 4 nitrogen and oxygen atoms in total. The number of amides is 1. The molecule has 0 radical (unpaired) electrons. The lowest BCUT2D eigenvalue weighted by molar-refractivity contribution is 0.0937. The molecule has 0 aliphatic heterocycles. The molecule has 1 unspecified atom stereocenters. The first-order valence-electron chi connectivity index (χ1n) is 9.58. The number of hydrogen-bond donors (Lipinski definition) is 1. The van der Waals surface area contributed by atoms with Gasteiger partial charge in [-0.2, -0.15) is 0 Å². The number of imidazole rings is 1. The molecule has 0 fully saturated rings. The molecule has 4 rings (SSSR count). The van der Waals surface area contributed by atoms with E-state index in [-0.39, 0.29) is 11.9 Å². The predicted octanol–water partition coefficient (Wildman–Crippen LogP) is 5.65. The van der Waals surface area contributed by atoms with E-state index in [1.165, 1.54) is 5.56 Å². The van der Waals surface area contributed by atoms with Crippen molar-refractivity contribution in [3.8, 4) is 0 Å². The van der Waals surface area contributed by atoms with Gasteiger partial charge in [-0.3, -0.25) is 4.79 Å². The van der Waals surface area contributed by atoms with Crippen LogP contribution >= 0.6 is 15.9 Å². The minimum absolute atomic E-state index is 0.0940. The topological polar surface area (TPSA) is 46.9 Å². The highest BCUT2D eigenvalue weighted by atomic mass is 79.9. The van der Waals surface area contributed by atoms with Gasteiger partial charge < -0.3 is 9.88 Å². The predicted molar refractivity (Wildman–Crippen MR) is 120 cm³/mol. The number of aryl methyl sites for hydroxylation is 1. The minimum Gasteiger partial charge on any atom is -0.342 e. The van der Waals surface area contributed by atoms with Gasteiger partial charge in [-0.05, 0) is 55.8 Å². The van der Waals surface area contributed by atoms with E-state index < -0.39 is 0 Å². The van der Waals surface area contributed by atoms with Gasteiger partial charge in [-0.25, -0.2) is 4.98 Å². The van der Waals surface area contributed by atoms with E-state index in [9.17, 15) is 4.79 Å². The van der Waals surface area contributed by atoms with Crippen molar-refractivity contribution in [2.75, 3.05) is 0 Å². The fourth-order valence-corrected chi connectivity index (χ4v) is 3.76. The molecule has 1 atom stereocenters. The van der Waals surface area contributed by atoms with Crippen LogP contribution in [0, 0.1) is 6.92 Å². The van der Waals surface area contributed by atoms with Gasteiger partial charge in [0.05, 0.1) is 17.1 Å². The van der Waals surface area contributed by atoms with Crippen LogP contribution in [0.15, 0.2) is 77.3 Å². The number of nitrogens with one attached hydrogen (secondary N) is 1. The lowest BCUT2D eigenvalue weighted by Crippen LogP contribution is -2.28. The van der Waals surface area contributed by atoms with Crippen LogP contribution in [0.1, 0.15) is 40.3 Å². The number of halogens is 1. The Balaban J connectivity index is 1.67. The SMILES string of the molecule is Cc1cccc(C(=O)NC(C)c2nc3ccccc3n2Cc2ccc(Br)cc2)c1. The van der Waals surface area contributed by atoms with Gasteiger partial charge in [0.25, 0.3) is 5.91 Å². The first-order chi connectivity index (χ1) is 14.0. The van der Waals surface area contributed by atoms with Gasteiger partial charge in [0.15, 0.2) is 0 Å². The van der Waals surface area contributed by atoms with Crippen molar-refractivity contribution < 1.29 is 4.79 Å². The molecule has 4 aromatic rings. The number of benzene rings is 3. The Hall–Kier alpha value is -2.92. The molecule has 0 bridgehead atoms. The summed E-state index contributed by atoms with van der Waals surface area (Å²) in [5, 5.41) is 3.11. The van der Waals surface area contributed by atoms with E-state index in [2.05, 4.69) is 44.0 Å². The summed E-state index contributed by atoms with van der Waals surface area (Å²) < 4.78 is 3.23. The average Bonchev–Trinajstić information content (AvgIpc) is 3.08. The summed E-state index contributed by atoms with van der Waals surface area (Å²) in [5.74, 6) is 0.749. The lowest BCUT2D eigenvalue weighted by atomic mass is 10.1. The standard InChI is InChI=1S/C24H22BrN3O/c1-16-6-5-7-19(14-16)24(29)26-17(2)23-27-21-8-3-4-9-22(21)28(23)15-18-10-12-20(25)13-11-18/h3-14,17H,15H2,1-2H3,(H,26,29). The molecule has 1 N–H and O–H groups in total. The zero-order valence-electron chi connectivity index (χ0n) is 16.4. The Morgan fingerprint density at radius 1 is 1.07 bits per heavy atom. The van der Waals surface area contributed by atoms with E-state index in [1.807, 2.05) is 68.4 Å². The molecule has 0 spiro atoms. The fourth-order valence-electron chi connectivity index (χ4n) is 3.49. The molecule has 1 amide bonds. The Morgan fingerprint density at radius 3 is 2.59 bits per heavy atom. The summed E-state index contributed by atoms with van der Waals surface area (Å²) in [5.41, 5.74) is 4.88. The van der Waals surface area contributed by atoms with Crippen LogP contribution in [0.4, 0.5) is 0 Å². The second-order valence-corrected chi connectivity index (χ2v) is 8.15. The maximum atomic E-state index is 12.7. The summed E-state index contributed by atoms with van der Waals surface area (Å²) in [7, 11) is 0. The van der Waals surface area contributed by atoms with Gasteiger partial charge in [0.2, 0.25) is 0 Å². The first kappa shape index (κ1) is 19.4. The first-order valence-corrected chi connectivity index (χ1v) is 10.4. The number of nitrogens with zero attached hydrogens (tertiary/aromatic N) is 2. The largest absolute Gasteiger partial charge is 0.342 e. The lowest BCUT2D eigenvalue weighted by Gasteiger charge is -2.17. The Labute approximate surface area is 178 Å². The van der Waals surface area contributed by atoms with Crippen LogP contribution in [0.3, 0.4) is 0 Å². The molecule has 3 aromatic carbocycles. The Morgan fingerprint density at radius 2 is 1.83 bits per heavy atom. The third-order valence-electron chi connectivity index (χ3n) is 4.95. The number of aromatic nitrogens is 2.